The maximum Gasteiger partial charge on any atom is 0.277 e. The molecule has 2 aromatic rings. The molecular weight excluding hydrogens is 382 g/mol. The molecule has 0 aromatic heterocycles. The molecule has 0 heterocycles. The first-order chi connectivity index (χ1) is 14.5. The fourth-order valence-corrected chi connectivity index (χ4v) is 3.39. The van der Waals surface area contributed by atoms with Crippen LogP contribution < -0.4 is 20.2 Å². The average molecular weight is 409 g/mol. The highest BCUT2D eigenvalue weighted by Crippen LogP contribution is 2.27. The summed E-state index contributed by atoms with van der Waals surface area (Å²) in [5.74, 6) is 0.607. The predicted molar refractivity (Wildman–Crippen MR) is 116 cm³/mol. The number of hydrogen-bond donors (Lipinski definition) is 2. The smallest absolute Gasteiger partial charge is 0.277 e. The van der Waals surface area contributed by atoms with Crippen molar-refractivity contribution in [2.24, 2.45) is 5.10 Å². The van der Waals surface area contributed by atoms with E-state index in [1.54, 1.807) is 38.3 Å². The van der Waals surface area contributed by atoms with Gasteiger partial charge in [-0.2, -0.15) is 5.10 Å². The molecule has 0 saturated heterocycles. The van der Waals surface area contributed by atoms with Crippen LogP contribution in [0.4, 0.5) is 5.69 Å². The number of methoxy groups -OCH3 is 1. The molecule has 0 saturated carbocycles. The third-order valence-electron chi connectivity index (χ3n) is 4.87. The Labute approximate surface area is 176 Å². The molecule has 2 amide bonds. The zero-order valence-electron chi connectivity index (χ0n) is 17.4. The normalized spacial score (nSPS) is 13.2. The quantitative estimate of drug-likeness (QED) is 0.516. The van der Waals surface area contributed by atoms with Gasteiger partial charge in [0.1, 0.15) is 11.5 Å². The van der Waals surface area contributed by atoms with Crippen LogP contribution in [0.15, 0.2) is 47.6 Å². The Morgan fingerprint density at radius 1 is 1.03 bits per heavy atom. The SMILES string of the molecule is COc1cccc(OCC(=O)N/N=C(\C)CC(=O)Nc2cccc3c2CCCC3)c1. The van der Waals surface area contributed by atoms with E-state index in [0.29, 0.717) is 17.2 Å². The van der Waals surface area contributed by atoms with Gasteiger partial charge < -0.3 is 14.8 Å². The second kappa shape index (κ2) is 10.4. The number of amides is 2. The summed E-state index contributed by atoms with van der Waals surface area (Å²) in [5.41, 5.74) is 6.34. The highest BCUT2D eigenvalue weighted by Gasteiger charge is 2.15. The molecule has 1 aliphatic carbocycles. The fraction of sp³-hybridized carbons (Fsp3) is 0.348. The van der Waals surface area contributed by atoms with Gasteiger partial charge in [0.2, 0.25) is 5.91 Å². The van der Waals surface area contributed by atoms with Crippen LogP contribution in [0.25, 0.3) is 0 Å². The van der Waals surface area contributed by atoms with Crippen molar-refractivity contribution >= 4 is 23.2 Å². The summed E-state index contributed by atoms with van der Waals surface area (Å²) in [4.78, 5) is 24.3. The summed E-state index contributed by atoms with van der Waals surface area (Å²) >= 11 is 0. The molecule has 0 unspecified atom stereocenters. The first-order valence-corrected chi connectivity index (χ1v) is 10.0. The van der Waals surface area contributed by atoms with Crippen molar-refractivity contribution in [3.63, 3.8) is 0 Å². The van der Waals surface area contributed by atoms with Crippen LogP contribution in [0.2, 0.25) is 0 Å². The Balaban J connectivity index is 1.46. The predicted octanol–water partition coefficient (Wildman–Crippen LogP) is 3.47. The standard InChI is InChI=1S/C23H27N3O4/c1-16(25-26-23(28)15-30-19-10-6-9-18(14-19)29-2)13-22(27)24-21-12-5-8-17-7-3-4-11-20(17)21/h5-6,8-10,12,14H,3-4,7,11,13,15H2,1-2H3,(H,24,27)(H,26,28)/b25-16+. The number of carbonyl (C=O) groups is 2. The first kappa shape index (κ1) is 21.4. The second-order valence-corrected chi connectivity index (χ2v) is 7.23. The van der Waals surface area contributed by atoms with Gasteiger partial charge in [-0.05, 0) is 61.9 Å². The lowest BCUT2D eigenvalue weighted by Crippen LogP contribution is -2.26. The number of rotatable bonds is 8. The van der Waals surface area contributed by atoms with E-state index in [-0.39, 0.29) is 18.9 Å². The molecule has 0 fully saturated rings. The monoisotopic (exact) mass is 409 g/mol. The summed E-state index contributed by atoms with van der Waals surface area (Å²) in [6, 6.07) is 13.0. The van der Waals surface area contributed by atoms with Crippen LogP contribution in [0.5, 0.6) is 11.5 Å². The zero-order chi connectivity index (χ0) is 21.3. The maximum absolute atomic E-state index is 12.4. The second-order valence-electron chi connectivity index (χ2n) is 7.23. The van der Waals surface area contributed by atoms with E-state index in [4.69, 9.17) is 9.47 Å². The Hall–Kier alpha value is -3.35. The van der Waals surface area contributed by atoms with E-state index >= 15 is 0 Å². The minimum absolute atomic E-state index is 0.0979. The molecule has 0 atom stereocenters. The summed E-state index contributed by atoms with van der Waals surface area (Å²) < 4.78 is 10.5. The summed E-state index contributed by atoms with van der Waals surface area (Å²) in [6.07, 6.45) is 4.48. The molecule has 158 valence electrons. The molecule has 30 heavy (non-hydrogen) atoms. The Morgan fingerprint density at radius 3 is 2.63 bits per heavy atom. The Kier molecular flexibility index (Phi) is 7.43. The topological polar surface area (TPSA) is 89.0 Å². The third kappa shape index (κ3) is 6.07. The van der Waals surface area contributed by atoms with Gasteiger partial charge in [-0.3, -0.25) is 9.59 Å². The van der Waals surface area contributed by atoms with Crippen LogP contribution in [0, 0.1) is 0 Å². The van der Waals surface area contributed by atoms with Gasteiger partial charge in [0, 0.05) is 17.5 Å². The third-order valence-corrected chi connectivity index (χ3v) is 4.87. The molecule has 0 radical (unpaired) electrons. The van der Waals surface area contributed by atoms with Crippen molar-refractivity contribution in [1.82, 2.24) is 5.43 Å². The van der Waals surface area contributed by atoms with E-state index in [1.165, 1.54) is 17.5 Å². The highest BCUT2D eigenvalue weighted by molar-refractivity contribution is 6.06. The van der Waals surface area contributed by atoms with Crippen LogP contribution in [0.1, 0.15) is 37.3 Å². The van der Waals surface area contributed by atoms with Gasteiger partial charge in [-0.15, -0.1) is 0 Å². The number of nitrogens with zero attached hydrogens (tertiary/aromatic N) is 1. The van der Waals surface area contributed by atoms with Crippen LogP contribution in [-0.2, 0) is 22.4 Å². The lowest BCUT2D eigenvalue weighted by Gasteiger charge is -2.19. The molecule has 0 aliphatic heterocycles. The summed E-state index contributed by atoms with van der Waals surface area (Å²) in [6.45, 7) is 1.51. The van der Waals surface area contributed by atoms with Gasteiger partial charge in [-0.25, -0.2) is 5.43 Å². The van der Waals surface area contributed by atoms with Gasteiger partial charge >= 0.3 is 0 Å². The largest absolute Gasteiger partial charge is 0.497 e. The van der Waals surface area contributed by atoms with Crippen molar-refractivity contribution < 1.29 is 19.1 Å². The molecule has 3 rings (SSSR count). The molecule has 7 nitrogen and oxygen atoms in total. The summed E-state index contributed by atoms with van der Waals surface area (Å²) in [5, 5.41) is 6.97. The minimum Gasteiger partial charge on any atom is -0.497 e. The van der Waals surface area contributed by atoms with Crippen LogP contribution >= 0.6 is 0 Å². The van der Waals surface area contributed by atoms with E-state index in [2.05, 4.69) is 21.9 Å². The number of ether oxygens (including phenoxy) is 2. The molecular formula is C23H27N3O4. The molecule has 2 N–H and O–H groups in total. The van der Waals surface area contributed by atoms with E-state index in [9.17, 15) is 9.59 Å². The number of hydrazone groups is 1. The molecule has 2 aromatic carbocycles. The number of aryl methyl sites for hydroxylation is 1. The molecule has 0 spiro atoms. The summed E-state index contributed by atoms with van der Waals surface area (Å²) in [7, 11) is 1.56. The first-order valence-electron chi connectivity index (χ1n) is 10.0. The number of fused-ring (bicyclic) bond motifs is 1. The van der Waals surface area contributed by atoms with Gasteiger partial charge in [0.15, 0.2) is 6.61 Å². The van der Waals surface area contributed by atoms with Crippen molar-refractivity contribution in [2.45, 2.75) is 39.0 Å². The molecule has 7 heteroatoms. The van der Waals surface area contributed by atoms with Crippen LogP contribution in [-0.4, -0.2) is 31.2 Å². The average Bonchev–Trinajstić information content (AvgIpc) is 2.76. The highest BCUT2D eigenvalue weighted by atomic mass is 16.5. The number of anilines is 1. The lowest BCUT2D eigenvalue weighted by molar-refractivity contribution is -0.123. The van der Waals surface area contributed by atoms with E-state index in [1.807, 2.05) is 12.1 Å². The minimum atomic E-state index is -0.408. The number of hydrogen-bond acceptors (Lipinski definition) is 5. The van der Waals surface area contributed by atoms with Crippen molar-refractivity contribution in [2.75, 3.05) is 19.0 Å². The number of carbonyl (C=O) groups excluding carboxylic acids is 2. The van der Waals surface area contributed by atoms with Gasteiger partial charge in [-0.1, -0.05) is 18.2 Å². The number of nitrogens with one attached hydrogen (secondary N) is 2. The maximum atomic E-state index is 12.4. The van der Waals surface area contributed by atoms with Gasteiger partial charge in [0.25, 0.3) is 5.91 Å². The number of benzene rings is 2. The fourth-order valence-electron chi connectivity index (χ4n) is 3.39. The molecule has 1 aliphatic rings. The van der Waals surface area contributed by atoms with Crippen molar-refractivity contribution in [1.29, 1.82) is 0 Å². The van der Waals surface area contributed by atoms with Crippen molar-refractivity contribution in [3.05, 3.63) is 53.6 Å². The van der Waals surface area contributed by atoms with Crippen molar-refractivity contribution in [3.8, 4) is 11.5 Å². The Bertz CT molecular complexity index is 940. The van der Waals surface area contributed by atoms with E-state index in [0.717, 1.165) is 24.9 Å². The van der Waals surface area contributed by atoms with Gasteiger partial charge in [0.05, 0.1) is 13.5 Å². The van der Waals surface area contributed by atoms with E-state index < -0.39 is 5.91 Å². The molecule has 0 bridgehead atoms. The van der Waals surface area contributed by atoms with Crippen LogP contribution in [0.3, 0.4) is 0 Å². The zero-order valence-corrected chi connectivity index (χ0v) is 17.4. The Morgan fingerprint density at radius 2 is 1.80 bits per heavy atom. The lowest BCUT2D eigenvalue weighted by atomic mass is 9.90.